The third kappa shape index (κ3) is 5.37. The van der Waals surface area contributed by atoms with Gasteiger partial charge in [0.1, 0.15) is 0 Å². The lowest BCUT2D eigenvalue weighted by atomic mass is 10.2. The second kappa shape index (κ2) is 7.23. The van der Waals surface area contributed by atoms with Crippen LogP contribution in [0.2, 0.25) is 0 Å². The van der Waals surface area contributed by atoms with E-state index in [0.29, 0.717) is 11.8 Å². The zero-order valence-electron chi connectivity index (χ0n) is 9.03. The normalized spacial score (nSPS) is 9.67. The lowest BCUT2D eigenvalue weighted by molar-refractivity contribution is 0.298. The second-order valence-electron chi connectivity index (χ2n) is 3.30. The zero-order chi connectivity index (χ0) is 10.9. The maximum absolute atomic E-state index is 5.25. The fraction of sp³-hybridized carbons (Fsp3) is 0.417. The molecule has 3 heteroatoms. The number of hydrogen-bond acceptors (Lipinski definition) is 2. The molecule has 0 fully saturated rings. The zero-order valence-corrected chi connectivity index (χ0v) is 9.85. The van der Waals surface area contributed by atoms with Gasteiger partial charge in [0.15, 0.2) is 0 Å². The van der Waals surface area contributed by atoms with Crippen LogP contribution in [0.3, 0.4) is 0 Å². The quantitative estimate of drug-likeness (QED) is 0.775. The van der Waals surface area contributed by atoms with Crippen molar-refractivity contribution in [3.05, 3.63) is 35.9 Å². The van der Waals surface area contributed by atoms with Crippen LogP contribution in [0.5, 0.6) is 0 Å². The molecule has 0 radical (unpaired) electrons. The molecular weight excluding hydrogens is 206 g/mol. The molecule has 0 atom stereocenters. The van der Waals surface area contributed by atoms with E-state index < -0.39 is 0 Å². The first-order valence-corrected chi connectivity index (χ1v) is 5.68. The summed E-state index contributed by atoms with van der Waals surface area (Å²) in [5, 5.41) is 3.58. The molecule has 1 aromatic rings. The van der Waals surface area contributed by atoms with E-state index in [-0.39, 0.29) is 0 Å². The molecule has 15 heavy (non-hydrogen) atoms. The predicted octanol–water partition coefficient (Wildman–Crippen LogP) is 2.53. The average Bonchev–Trinajstić information content (AvgIpc) is 2.28. The number of benzene rings is 1. The van der Waals surface area contributed by atoms with Crippen molar-refractivity contribution in [1.82, 2.24) is 5.32 Å². The van der Waals surface area contributed by atoms with Crippen LogP contribution in [-0.2, 0) is 11.2 Å². The van der Waals surface area contributed by atoms with Crippen molar-refractivity contribution in [2.45, 2.75) is 19.8 Å². The largest absolute Gasteiger partial charge is 0.471 e. The third-order valence-electron chi connectivity index (χ3n) is 1.96. The summed E-state index contributed by atoms with van der Waals surface area (Å²) < 4.78 is 5.25. The molecule has 1 N–H and O–H groups in total. The van der Waals surface area contributed by atoms with Crippen LogP contribution in [-0.4, -0.2) is 18.3 Å². The second-order valence-corrected chi connectivity index (χ2v) is 3.67. The van der Waals surface area contributed by atoms with E-state index in [9.17, 15) is 0 Å². The van der Waals surface area contributed by atoms with Gasteiger partial charge in [0.05, 0.1) is 6.61 Å². The smallest absolute Gasteiger partial charge is 0.256 e. The fourth-order valence-corrected chi connectivity index (χ4v) is 1.38. The molecule has 0 aliphatic heterocycles. The van der Waals surface area contributed by atoms with Gasteiger partial charge in [-0.3, -0.25) is 0 Å². The first kappa shape index (κ1) is 12.0. The summed E-state index contributed by atoms with van der Waals surface area (Å²) in [6, 6.07) is 10.3. The van der Waals surface area contributed by atoms with Crippen LogP contribution in [0.25, 0.3) is 0 Å². The molecule has 0 aromatic heterocycles. The van der Waals surface area contributed by atoms with Crippen LogP contribution in [0, 0.1) is 0 Å². The van der Waals surface area contributed by atoms with E-state index in [1.54, 1.807) is 0 Å². The first-order valence-electron chi connectivity index (χ1n) is 5.27. The Balaban J connectivity index is 2.14. The Morgan fingerprint density at radius 3 is 2.73 bits per heavy atom. The van der Waals surface area contributed by atoms with Crippen molar-refractivity contribution < 1.29 is 4.74 Å². The maximum Gasteiger partial charge on any atom is 0.256 e. The van der Waals surface area contributed by atoms with E-state index in [1.165, 1.54) is 5.56 Å². The van der Waals surface area contributed by atoms with Gasteiger partial charge in [-0.25, -0.2) is 0 Å². The summed E-state index contributed by atoms with van der Waals surface area (Å²) in [6.45, 7) is 3.58. The molecule has 0 saturated carbocycles. The molecule has 0 heterocycles. The van der Waals surface area contributed by atoms with Crippen molar-refractivity contribution >= 4 is 17.4 Å². The number of hydrogen-bond donors (Lipinski definition) is 1. The summed E-state index contributed by atoms with van der Waals surface area (Å²) in [4.78, 5) is 0. The summed E-state index contributed by atoms with van der Waals surface area (Å²) in [5.41, 5.74) is 1.31. The summed E-state index contributed by atoms with van der Waals surface area (Å²) >= 11 is 5.00. The molecule has 0 unspecified atom stereocenters. The van der Waals surface area contributed by atoms with Crippen LogP contribution < -0.4 is 5.32 Å². The Morgan fingerprint density at radius 1 is 1.33 bits per heavy atom. The minimum absolute atomic E-state index is 0.507. The molecule has 82 valence electrons. The van der Waals surface area contributed by atoms with Gasteiger partial charge in [0.25, 0.3) is 5.17 Å². The highest BCUT2D eigenvalue weighted by atomic mass is 32.1. The highest BCUT2D eigenvalue weighted by molar-refractivity contribution is 7.80. The molecule has 0 spiro atoms. The molecule has 0 aliphatic carbocycles. The first-order chi connectivity index (χ1) is 7.33. The SMILES string of the molecule is CCCOC(=S)NCCc1ccccc1. The van der Waals surface area contributed by atoms with Crippen molar-refractivity contribution in [3.8, 4) is 0 Å². The van der Waals surface area contributed by atoms with Crippen molar-refractivity contribution in [2.75, 3.05) is 13.2 Å². The Bertz CT molecular complexity index is 287. The van der Waals surface area contributed by atoms with E-state index in [2.05, 4.69) is 24.4 Å². The number of ether oxygens (including phenoxy) is 1. The fourth-order valence-electron chi connectivity index (χ4n) is 1.20. The highest BCUT2D eigenvalue weighted by Gasteiger charge is 1.95. The Morgan fingerprint density at radius 2 is 2.07 bits per heavy atom. The third-order valence-corrected chi connectivity index (χ3v) is 2.23. The standard InChI is InChI=1S/C12H17NOS/c1-2-10-14-12(15)13-9-8-11-6-4-3-5-7-11/h3-7H,2,8-10H2,1H3,(H,13,15). The molecular formula is C12H17NOS. The van der Waals surface area contributed by atoms with E-state index in [1.807, 2.05) is 18.2 Å². The minimum atomic E-state index is 0.507. The summed E-state index contributed by atoms with van der Waals surface area (Å²) in [5.74, 6) is 0. The highest BCUT2D eigenvalue weighted by Crippen LogP contribution is 1.98. The topological polar surface area (TPSA) is 21.3 Å². The van der Waals surface area contributed by atoms with Gasteiger partial charge in [0, 0.05) is 6.54 Å². The molecule has 1 rings (SSSR count). The Kier molecular flexibility index (Phi) is 5.78. The van der Waals surface area contributed by atoms with Crippen LogP contribution in [0.4, 0.5) is 0 Å². The van der Waals surface area contributed by atoms with Gasteiger partial charge in [0.2, 0.25) is 0 Å². The van der Waals surface area contributed by atoms with E-state index >= 15 is 0 Å². The molecule has 0 amide bonds. The monoisotopic (exact) mass is 223 g/mol. The summed E-state index contributed by atoms with van der Waals surface area (Å²) in [6.07, 6.45) is 1.96. The lowest BCUT2D eigenvalue weighted by Crippen LogP contribution is -2.26. The molecule has 0 bridgehead atoms. The van der Waals surface area contributed by atoms with Gasteiger partial charge < -0.3 is 10.1 Å². The maximum atomic E-state index is 5.25. The molecule has 2 nitrogen and oxygen atoms in total. The average molecular weight is 223 g/mol. The van der Waals surface area contributed by atoms with Crippen LogP contribution in [0.15, 0.2) is 30.3 Å². The van der Waals surface area contributed by atoms with Crippen LogP contribution in [0.1, 0.15) is 18.9 Å². The molecule has 1 aromatic carbocycles. The van der Waals surface area contributed by atoms with Gasteiger partial charge in [-0.05, 0) is 30.6 Å². The van der Waals surface area contributed by atoms with Crippen molar-refractivity contribution in [2.24, 2.45) is 0 Å². The lowest BCUT2D eigenvalue weighted by Gasteiger charge is -2.08. The van der Waals surface area contributed by atoms with E-state index in [4.69, 9.17) is 17.0 Å². The number of thiocarbonyl (C=S) groups is 1. The van der Waals surface area contributed by atoms with Gasteiger partial charge in [-0.15, -0.1) is 0 Å². The van der Waals surface area contributed by atoms with Gasteiger partial charge in [-0.1, -0.05) is 37.3 Å². The Hall–Kier alpha value is -1.09. The minimum Gasteiger partial charge on any atom is -0.471 e. The van der Waals surface area contributed by atoms with Gasteiger partial charge in [-0.2, -0.15) is 0 Å². The van der Waals surface area contributed by atoms with Crippen molar-refractivity contribution in [3.63, 3.8) is 0 Å². The summed E-state index contributed by atoms with van der Waals surface area (Å²) in [7, 11) is 0. The predicted molar refractivity (Wildman–Crippen MR) is 67.0 cm³/mol. The van der Waals surface area contributed by atoms with Crippen molar-refractivity contribution in [1.29, 1.82) is 0 Å². The number of rotatable bonds is 5. The number of nitrogens with one attached hydrogen (secondary N) is 1. The van der Waals surface area contributed by atoms with Crippen LogP contribution >= 0.6 is 12.2 Å². The van der Waals surface area contributed by atoms with E-state index in [0.717, 1.165) is 19.4 Å². The molecule has 0 saturated heterocycles. The Labute approximate surface area is 96.6 Å². The molecule has 0 aliphatic rings. The van der Waals surface area contributed by atoms with Gasteiger partial charge >= 0.3 is 0 Å².